The van der Waals surface area contributed by atoms with E-state index in [1.165, 1.54) is 4.52 Å². The third kappa shape index (κ3) is 3.07. The van der Waals surface area contributed by atoms with Gasteiger partial charge in [-0.2, -0.15) is 9.50 Å². The lowest BCUT2D eigenvalue weighted by Crippen LogP contribution is -2.21. The van der Waals surface area contributed by atoms with Crippen molar-refractivity contribution in [3.63, 3.8) is 0 Å². The molecule has 8 nitrogen and oxygen atoms in total. The first-order valence-electron chi connectivity index (χ1n) is 6.52. The van der Waals surface area contributed by atoms with E-state index in [2.05, 4.69) is 20.4 Å². The van der Waals surface area contributed by atoms with E-state index in [-0.39, 0.29) is 15.6 Å². The molecule has 3 rings (SSSR count). The molecule has 0 saturated heterocycles. The van der Waals surface area contributed by atoms with Gasteiger partial charge in [-0.05, 0) is 42.1 Å². The van der Waals surface area contributed by atoms with Crippen LogP contribution in [-0.4, -0.2) is 29.8 Å². The van der Waals surface area contributed by atoms with Crippen molar-refractivity contribution in [2.75, 3.05) is 5.32 Å². The van der Waals surface area contributed by atoms with Crippen molar-refractivity contribution < 1.29 is 5.11 Å². The zero-order chi connectivity index (χ0) is 16.6. The molecule has 23 heavy (non-hydrogen) atoms. The van der Waals surface area contributed by atoms with Gasteiger partial charge in [-0.3, -0.25) is 10.1 Å². The highest BCUT2D eigenvalue weighted by molar-refractivity contribution is 7.80. The maximum Gasteiger partial charge on any atom is 0.348 e. The summed E-state index contributed by atoms with van der Waals surface area (Å²) in [6, 6.07) is 6.70. The van der Waals surface area contributed by atoms with Crippen LogP contribution < -0.4 is 16.7 Å². The topological polar surface area (TPSA) is 124 Å². The largest absolute Gasteiger partial charge is 0.508 e. The van der Waals surface area contributed by atoms with Crippen molar-refractivity contribution in [2.24, 2.45) is 5.73 Å². The van der Waals surface area contributed by atoms with Crippen molar-refractivity contribution in [1.29, 1.82) is 0 Å². The van der Waals surface area contributed by atoms with Crippen molar-refractivity contribution in [3.8, 4) is 5.75 Å². The van der Waals surface area contributed by atoms with E-state index < -0.39 is 5.69 Å². The maximum absolute atomic E-state index is 12.0. The smallest absolute Gasteiger partial charge is 0.348 e. The first-order valence-corrected chi connectivity index (χ1v) is 7.34. The number of benzene rings is 1. The molecule has 0 aliphatic rings. The lowest BCUT2D eigenvalue weighted by atomic mass is 10.1. The lowest BCUT2D eigenvalue weighted by molar-refractivity contribution is 0.475. The van der Waals surface area contributed by atoms with E-state index in [0.717, 1.165) is 5.56 Å². The molecule has 118 valence electrons. The Morgan fingerprint density at radius 1 is 1.39 bits per heavy atom. The van der Waals surface area contributed by atoms with Crippen molar-refractivity contribution in [2.45, 2.75) is 6.42 Å². The molecule has 0 bridgehead atoms. The molecule has 6 N–H and O–H groups in total. The maximum atomic E-state index is 12.0. The van der Waals surface area contributed by atoms with Crippen LogP contribution in [0.15, 0.2) is 29.1 Å². The molecule has 0 radical (unpaired) electrons. The van der Waals surface area contributed by atoms with Crippen LogP contribution in [0.2, 0.25) is 0 Å². The monoisotopic (exact) mass is 348 g/mol. The average molecular weight is 348 g/mol. The van der Waals surface area contributed by atoms with Gasteiger partial charge in [0.25, 0.3) is 0 Å². The summed E-state index contributed by atoms with van der Waals surface area (Å²) in [6.07, 6.45) is 0.434. The third-order valence-corrected chi connectivity index (χ3v) is 3.49. The summed E-state index contributed by atoms with van der Waals surface area (Å²) < 4.78 is 1.31. The summed E-state index contributed by atoms with van der Waals surface area (Å²) in [5.41, 5.74) is 7.05. The molecule has 0 aliphatic carbocycles. The Morgan fingerprint density at radius 3 is 2.74 bits per heavy atom. The molecule has 0 amide bonds. The summed E-state index contributed by atoms with van der Waals surface area (Å²) in [7, 11) is 0. The Morgan fingerprint density at radius 2 is 2.09 bits per heavy atom. The fraction of sp³-hybridized carbons (Fsp3) is 0.0769. The van der Waals surface area contributed by atoms with E-state index in [0.29, 0.717) is 23.4 Å². The molecule has 2 aromatic heterocycles. The van der Waals surface area contributed by atoms with Gasteiger partial charge in [-0.25, -0.2) is 4.79 Å². The second-order valence-electron chi connectivity index (χ2n) is 4.80. The first-order chi connectivity index (χ1) is 10.9. The van der Waals surface area contributed by atoms with E-state index >= 15 is 0 Å². The number of aromatic nitrogens is 4. The van der Waals surface area contributed by atoms with Gasteiger partial charge in [0.2, 0.25) is 4.77 Å². The summed E-state index contributed by atoms with van der Waals surface area (Å²) in [5, 5.41) is 15.1. The molecule has 0 fully saturated rings. The summed E-state index contributed by atoms with van der Waals surface area (Å²) >= 11 is 9.83. The van der Waals surface area contributed by atoms with Gasteiger partial charge in [-0.1, -0.05) is 12.1 Å². The Kier molecular flexibility index (Phi) is 3.84. The summed E-state index contributed by atoms with van der Waals surface area (Å²) in [6.45, 7) is 0. The van der Waals surface area contributed by atoms with Gasteiger partial charge >= 0.3 is 5.69 Å². The quantitative estimate of drug-likeness (QED) is 0.448. The van der Waals surface area contributed by atoms with Crippen LogP contribution in [0.1, 0.15) is 11.1 Å². The SMILES string of the molecule is NC(=S)Nc1[nH]n2c(=O)[nH]c(=S)nc2c1Cc1ccc(O)cc1. The molecule has 0 atom stereocenters. The number of thiocarbonyl (C=S) groups is 1. The van der Waals surface area contributed by atoms with Crippen LogP contribution in [0.25, 0.3) is 5.65 Å². The van der Waals surface area contributed by atoms with Crippen molar-refractivity contribution in [1.82, 2.24) is 19.6 Å². The Bertz CT molecular complexity index is 1000. The Hall–Kier alpha value is -2.72. The minimum Gasteiger partial charge on any atom is -0.508 e. The molecule has 0 saturated carbocycles. The van der Waals surface area contributed by atoms with Crippen LogP contribution >= 0.6 is 24.4 Å². The van der Waals surface area contributed by atoms with Crippen LogP contribution in [0, 0.1) is 4.77 Å². The van der Waals surface area contributed by atoms with Crippen LogP contribution in [0.5, 0.6) is 5.75 Å². The number of nitrogens with zero attached hydrogens (tertiary/aromatic N) is 2. The standard InChI is InChI=1S/C13H12N6O2S2/c14-11(22)15-9-8(5-6-1-3-7(20)4-2-6)10-16-12(23)17-13(21)19(10)18-9/h1-4,18,20H,5H2,(H3,14,15,22)(H,17,21,23). The lowest BCUT2D eigenvalue weighted by Gasteiger charge is -2.05. The number of H-pyrrole nitrogens is 2. The first kappa shape index (κ1) is 15.2. The molecule has 2 heterocycles. The molecule has 10 heteroatoms. The predicted octanol–water partition coefficient (Wildman–Crippen LogP) is 1.03. The second-order valence-corrected chi connectivity index (χ2v) is 5.63. The zero-order valence-corrected chi connectivity index (χ0v) is 13.3. The summed E-state index contributed by atoms with van der Waals surface area (Å²) in [5.74, 6) is 0.634. The predicted molar refractivity (Wildman–Crippen MR) is 92.3 cm³/mol. The number of aromatic hydroxyl groups is 1. The molecule has 0 spiro atoms. The molecule has 0 unspecified atom stereocenters. The number of phenolic OH excluding ortho intramolecular Hbond substituents is 1. The normalized spacial score (nSPS) is 10.8. The highest BCUT2D eigenvalue weighted by atomic mass is 32.1. The second kappa shape index (κ2) is 5.82. The van der Waals surface area contributed by atoms with E-state index in [4.69, 9.17) is 30.2 Å². The van der Waals surface area contributed by atoms with Gasteiger partial charge in [0.15, 0.2) is 10.8 Å². The fourth-order valence-electron chi connectivity index (χ4n) is 2.23. The van der Waals surface area contributed by atoms with Gasteiger partial charge in [0.1, 0.15) is 11.6 Å². The molecule has 0 aliphatic heterocycles. The Labute approximate surface area is 140 Å². The minimum atomic E-state index is -0.442. The zero-order valence-electron chi connectivity index (χ0n) is 11.7. The number of aromatic amines is 2. The number of hydrogen-bond acceptors (Lipinski definition) is 5. The van der Waals surface area contributed by atoms with Gasteiger partial charge in [-0.15, -0.1) is 0 Å². The highest BCUT2D eigenvalue weighted by Gasteiger charge is 2.15. The number of fused-ring (bicyclic) bond motifs is 1. The summed E-state index contributed by atoms with van der Waals surface area (Å²) in [4.78, 5) is 18.6. The number of phenols is 1. The van der Waals surface area contributed by atoms with Gasteiger partial charge in [0.05, 0.1) is 0 Å². The van der Waals surface area contributed by atoms with Crippen LogP contribution in [0.4, 0.5) is 5.82 Å². The van der Waals surface area contributed by atoms with Crippen molar-refractivity contribution >= 4 is 41.0 Å². The van der Waals surface area contributed by atoms with Gasteiger partial charge in [0, 0.05) is 12.0 Å². The van der Waals surface area contributed by atoms with E-state index in [1.807, 2.05) is 0 Å². The average Bonchev–Trinajstić information content (AvgIpc) is 2.79. The Balaban J connectivity index is 2.18. The highest BCUT2D eigenvalue weighted by Crippen LogP contribution is 2.22. The number of anilines is 1. The van der Waals surface area contributed by atoms with Gasteiger partial charge < -0.3 is 16.2 Å². The third-order valence-electron chi connectivity index (χ3n) is 3.20. The van der Waals surface area contributed by atoms with Crippen LogP contribution in [-0.2, 0) is 6.42 Å². The number of nitrogens with one attached hydrogen (secondary N) is 3. The fourth-order valence-corrected chi connectivity index (χ4v) is 2.50. The minimum absolute atomic E-state index is 0.0548. The number of hydrogen-bond donors (Lipinski definition) is 5. The van der Waals surface area contributed by atoms with E-state index in [1.54, 1.807) is 24.3 Å². The molecule has 3 aromatic rings. The van der Waals surface area contributed by atoms with Crippen molar-refractivity contribution in [3.05, 3.63) is 50.6 Å². The molecular weight excluding hydrogens is 336 g/mol. The number of rotatable bonds is 3. The van der Waals surface area contributed by atoms with E-state index in [9.17, 15) is 9.90 Å². The number of nitrogens with two attached hydrogens (primary N) is 1. The molecule has 1 aromatic carbocycles. The molecular formula is C13H12N6O2S2. The van der Waals surface area contributed by atoms with Crippen LogP contribution in [0.3, 0.4) is 0 Å².